The average molecular weight is 568 g/mol. The quantitative estimate of drug-likeness (QED) is 0.362. The minimum absolute atomic E-state index is 0.0388. The Morgan fingerprint density at radius 1 is 1.12 bits per heavy atom. The summed E-state index contributed by atoms with van der Waals surface area (Å²) in [6.07, 6.45) is 2.98. The number of carbonyl (C=O) groups excluding carboxylic acids is 2. The minimum Gasteiger partial charge on any atom is -0.447 e. The SMILES string of the molecule is Cn1nc(C(=O)NCc2ccc(Cl)cc2)c(=O)c2cc(CN3CCOCC3)cc(CCCC[C@@H]3COC(=O)N3)c21. The molecule has 0 unspecified atom stereocenters. The van der Waals surface area contributed by atoms with E-state index in [-0.39, 0.29) is 29.8 Å². The smallest absolute Gasteiger partial charge is 0.407 e. The first-order valence-electron chi connectivity index (χ1n) is 13.7. The molecule has 2 aliphatic heterocycles. The van der Waals surface area contributed by atoms with E-state index in [9.17, 15) is 14.4 Å². The van der Waals surface area contributed by atoms with Crippen LogP contribution in [0.3, 0.4) is 0 Å². The standard InChI is InChI=1S/C29H34ClN5O5/c1-34-26-21(4-2-3-5-23-18-40-29(38)32-23)14-20(17-35-10-12-39-13-11-35)15-24(26)27(36)25(33-34)28(37)31-16-19-6-8-22(30)9-7-19/h6-9,14-15,23H,2-5,10-13,16-18H2,1H3,(H,31,37)(H,32,38)/t23-/m1/s1. The number of benzene rings is 2. The lowest BCUT2D eigenvalue weighted by atomic mass is 9.98. The Bertz CT molecular complexity index is 1440. The Balaban J connectivity index is 1.39. The van der Waals surface area contributed by atoms with Crippen LogP contribution in [-0.4, -0.2) is 65.6 Å². The monoisotopic (exact) mass is 567 g/mol. The second-order valence-electron chi connectivity index (χ2n) is 10.3. The highest BCUT2D eigenvalue weighted by Gasteiger charge is 2.22. The summed E-state index contributed by atoms with van der Waals surface area (Å²) in [5.41, 5.74) is 3.15. The van der Waals surface area contributed by atoms with Crippen molar-refractivity contribution in [2.75, 3.05) is 32.9 Å². The Morgan fingerprint density at radius 2 is 1.90 bits per heavy atom. The molecule has 0 spiro atoms. The molecule has 10 nitrogen and oxygen atoms in total. The molecular weight excluding hydrogens is 534 g/mol. The first-order valence-corrected chi connectivity index (χ1v) is 14.0. The number of alkyl carbamates (subject to hydrolysis) is 1. The van der Waals surface area contributed by atoms with Crippen molar-refractivity contribution in [3.63, 3.8) is 0 Å². The van der Waals surface area contributed by atoms with Crippen LogP contribution in [0.5, 0.6) is 0 Å². The summed E-state index contributed by atoms with van der Waals surface area (Å²) in [7, 11) is 1.77. The largest absolute Gasteiger partial charge is 0.447 e. The molecule has 0 radical (unpaired) electrons. The number of ether oxygens (including phenoxy) is 2. The molecule has 3 aromatic rings. The van der Waals surface area contributed by atoms with Gasteiger partial charge in [0.25, 0.3) is 5.91 Å². The van der Waals surface area contributed by atoms with Gasteiger partial charge in [0.2, 0.25) is 5.43 Å². The van der Waals surface area contributed by atoms with E-state index in [1.54, 1.807) is 23.9 Å². The lowest BCUT2D eigenvalue weighted by Crippen LogP contribution is -2.35. The third kappa shape index (κ3) is 6.80. The van der Waals surface area contributed by atoms with Gasteiger partial charge in [0.15, 0.2) is 5.69 Å². The molecule has 40 heavy (non-hydrogen) atoms. The Labute approximate surface area is 237 Å². The maximum Gasteiger partial charge on any atom is 0.407 e. The van der Waals surface area contributed by atoms with Gasteiger partial charge in [-0.25, -0.2) is 4.79 Å². The number of hydrogen-bond acceptors (Lipinski definition) is 7. The van der Waals surface area contributed by atoms with Crippen LogP contribution in [0.1, 0.15) is 46.4 Å². The number of morpholine rings is 1. The van der Waals surface area contributed by atoms with E-state index in [2.05, 4.69) is 26.7 Å². The Hall–Kier alpha value is -3.47. The van der Waals surface area contributed by atoms with Gasteiger partial charge in [-0.1, -0.05) is 36.2 Å². The van der Waals surface area contributed by atoms with Crippen LogP contribution < -0.4 is 16.1 Å². The number of unbranched alkanes of at least 4 members (excludes halogenated alkanes) is 1. The van der Waals surface area contributed by atoms with Crippen molar-refractivity contribution in [3.8, 4) is 0 Å². The summed E-state index contributed by atoms with van der Waals surface area (Å²) in [5, 5.41) is 11.2. The topological polar surface area (TPSA) is 115 Å². The lowest BCUT2D eigenvalue weighted by Gasteiger charge is -2.27. The number of amides is 2. The summed E-state index contributed by atoms with van der Waals surface area (Å²) < 4.78 is 12.1. The molecular formula is C29H34ClN5O5. The summed E-state index contributed by atoms with van der Waals surface area (Å²) >= 11 is 5.96. The Morgan fingerprint density at radius 3 is 2.62 bits per heavy atom. The molecule has 0 bridgehead atoms. The van der Waals surface area contributed by atoms with Crippen molar-refractivity contribution >= 4 is 34.5 Å². The van der Waals surface area contributed by atoms with Gasteiger partial charge in [-0.3, -0.25) is 19.2 Å². The molecule has 2 amide bonds. The summed E-state index contributed by atoms with van der Waals surface area (Å²) in [5.74, 6) is -0.515. The van der Waals surface area contributed by atoms with E-state index in [0.717, 1.165) is 61.0 Å². The molecule has 11 heteroatoms. The van der Waals surface area contributed by atoms with Gasteiger partial charge in [0.05, 0.1) is 30.2 Å². The molecule has 1 atom stereocenters. The van der Waals surface area contributed by atoms with Gasteiger partial charge in [-0.15, -0.1) is 0 Å². The number of nitrogens with one attached hydrogen (secondary N) is 2. The van der Waals surface area contributed by atoms with Gasteiger partial charge in [0, 0.05) is 38.2 Å². The third-order valence-electron chi connectivity index (χ3n) is 7.36. The van der Waals surface area contributed by atoms with Crippen LogP contribution in [0.2, 0.25) is 5.02 Å². The Kier molecular flexibility index (Phi) is 8.98. The highest BCUT2D eigenvalue weighted by atomic mass is 35.5. The van der Waals surface area contributed by atoms with Crippen molar-refractivity contribution in [1.29, 1.82) is 0 Å². The van der Waals surface area contributed by atoms with Crippen LogP contribution in [0.25, 0.3) is 10.9 Å². The van der Waals surface area contributed by atoms with Crippen LogP contribution in [0.4, 0.5) is 4.79 Å². The van der Waals surface area contributed by atoms with Crippen molar-refractivity contribution in [1.82, 2.24) is 25.3 Å². The fraction of sp³-hybridized carbons (Fsp3) is 0.448. The maximum atomic E-state index is 13.7. The van der Waals surface area contributed by atoms with E-state index in [1.165, 1.54) is 0 Å². The second-order valence-corrected chi connectivity index (χ2v) is 10.8. The highest BCUT2D eigenvalue weighted by molar-refractivity contribution is 6.30. The number of rotatable bonds is 10. The zero-order valence-electron chi connectivity index (χ0n) is 22.6. The number of cyclic esters (lactones) is 1. The summed E-state index contributed by atoms with van der Waals surface area (Å²) in [4.78, 5) is 40.4. The molecule has 5 rings (SSSR count). The number of carbonyl (C=O) groups is 2. The third-order valence-corrected chi connectivity index (χ3v) is 7.61. The number of nitrogens with zero attached hydrogens (tertiary/aromatic N) is 3. The van der Waals surface area contributed by atoms with E-state index in [4.69, 9.17) is 21.1 Å². The molecule has 0 saturated carbocycles. The zero-order valence-corrected chi connectivity index (χ0v) is 23.3. The van der Waals surface area contributed by atoms with Crippen LogP contribution in [-0.2, 0) is 36.0 Å². The van der Waals surface area contributed by atoms with Gasteiger partial charge in [0.1, 0.15) is 6.61 Å². The van der Waals surface area contributed by atoms with Gasteiger partial charge >= 0.3 is 6.09 Å². The highest BCUT2D eigenvalue weighted by Crippen LogP contribution is 2.23. The fourth-order valence-corrected chi connectivity index (χ4v) is 5.42. The van der Waals surface area contributed by atoms with Crippen molar-refractivity contribution in [3.05, 3.63) is 74.0 Å². The van der Waals surface area contributed by atoms with Crippen LogP contribution in [0.15, 0.2) is 41.2 Å². The van der Waals surface area contributed by atoms with E-state index >= 15 is 0 Å². The number of aryl methyl sites for hydroxylation is 2. The first-order chi connectivity index (χ1) is 19.4. The van der Waals surface area contributed by atoms with E-state index < -0.39 is 5.91 Å². The number of fused-ring (bicyclic) bond motifs is 1. The van der Waals surface area contributed by atoms with Gasteiger partial charge in [-0.2, -0.15) is 5.10 Å². The molecule has 2 fully saturated rings. The van der Waals surface area contributed by atoms with E-state index in [1.807, 2.05) is 18.2 Å². The van der Waals surface area contributed by atoms with Crippen LogP contribution >= 0.6 is 11.6 Å². The fourth-order valence-electron chi connectivity index (χ4n) is 5.29. The molecule has 2 aliphatic rings. The predicted molar refractivity (Wildman–Crippen MR) is 152 cm³/mol. The number of halogens is 1. The van der Waals surface area contributed by atoms with Crippen LogP contribution in [0, 0.1) is 0 Å². The number of aromatic nitrogens is 2. The maximum absolute atomic E-state index is 13.7. The molecule has 212 valence electrons. The average Bonchev–Trinajstić information content (AvgIpc) is 3.37. The van der Waals surface area contributed by atoms with Gasteiger partial charge < -0.3 is 20.1 Å². The molecule has 2 N–H and O–H groups in total. The molecule has 0 aliphatic carbocycles. The molecule has 2 aromatic carbocycles. The lowest BCUT2D eigenvalue weighted by molar-refractivity contribution is 0.0342. The zero-order chi connectivity index (χ0) is 28.1. The molecule has 1 aromatic heterocycles. The minimum atomic E-state index is -0.515. The first kappa shape index (κ1) is 28.1. The normalized spacial score (nSPS) is 17.6. The van der Waals surface area contributed by atoms with Gasteiger partial charge in [-0.05, 0) is 54.2 Å². The van der Waals surface area contributed by atoms with Crippen molar-refractivity contribution in [2.45, 2.75) is 44.8 Å². The predicted octanol–water partition coefficient (Wildman–Crippen LogP) is 3.17. The van der Waals surface area contributed by atoms with Crippen molar-refractivity contribution in [2.24, 2.45) is 7.05 Å². The second kappa shape index (κ2) is 12.8. The summed E-state index contributed by atoms with van der Waals surface area (Å²) in [6, 6.07) is 11.3. The number of hydrogen-bond donors (Lipinski definition) is 2. The van der Waals surface area contributed by atoms with Crippen molar-refractivity contribution < 1.29 is 19.1 Å². The summed E-state index contributed by atoms with van der Waals surface area (Å²) in [6.45, 7) is 4.38. The molecule has 3 heterocycles. The molecule has 2 saturated heterocycles. The van der Waals surface area contributed by atoms with E-state index in [0.29, 0.717) is 36.8 Å².